The second-order valence-electron chi connectivity index (χ2n) is 5.99. The van der Waals surface area contributed by atoms with Crippen LogP contribution in [0, 0.1) is 13.8 Å². The van der Waals surface area contributed by atoms with Crippen molar-refractivity contribution in [2.75, 3.05) is 6.61 Å². The fourth-order valence-electron chi connectivity index (χ4n) is 2.92. The number of aromatic nitrogens is 1. The summed E-state index contributed by atoms with van der Waals surface area (Å²) in [6.45, 7) is 4.86. The lowest BCUT2D eigenvalue weighted by molar-refractivity contribution is -0.131. The maximum absolute atomic E-state index is 12.3. The van der Waals surface area contributed by atoms with E-state index in [9.17, 15) is 14.4 Å². The van der Waals surface area contributed by atoms with E-state index in [4.69, 9.17) is 9.47 Å². The number of Topliss-reactive ketones (excluding diaryl/α,β-unsaturated/α-hetero) is 1. The topological polar surface area (TPSA) is 110 Å². The van der Waals surface area contributed by atoms with Crippen LogP contribution in [-0.2, 0) is 4.79 Å². The number of ether oxygens (including phenoxy) is 2. The van der Waals surface area contributed by atoms with Crippen LogP contribution in [0.5, 0.6) is 11.5 Å². The van der Waals surface area contributed by atoms with Gasteiger partial charge in [-0.05, 0) is 38.5 Å². The number of aryl methyl sites for hydroxylation is 1. The zero-order chi connectivity index (χ0) is 18.8. The fraction of sp³-hybridized carbons (Fsp3) is 0.278. The molecule has 0 saturated heterocycles. The van der Waals surface area contributed by atoms with Gasteiger partial charge >= 0.3 is 0 Å². The number of carbonyl (C=O) groups excluding carboxylic acids is 3. The highest BCUT2D eigenvalue weighted by Crippen LogP contribution is 2.30. The van der Waals surface area contributed by atoms with Crippen LogP contribution in [0.2, 0.25) is 0 Å². The summed E-state index contributed by atoms with van der Waals surface area (Å²) in [5.74, 6) is -0.197. The van der Waals surface area contributed by atoms with Gasteiger partial charge in [0.15, 0.2) is 17.3 Å². The number of nitrogens with one attached hydrogen (secondary N) is 3. The van der Waals surface area contributed by atoms with Gasteiger partial charge in [0.05, 0.1) is 0 Å². The van der Waals surface area contributed by atoms with E-state index in [0.29, 0.717) is 28.3 Å². The lowest BCUT2D eigenvalue weighted by Crippen LogP contribution is -2.51. The van der Waals surface area contributed by atoms with Gasteiger partial charge in [-0.25, -0.2) is 0 Å². The van der Waals surface area contributed by atoms with Crippen LogP contribution in [0.4, 0.5) is 0 Å². The summed E-state index contributed by atoms with van der Waals surface area (Å²) in [4.78, 5) is 39.0. The van der Waals surface area contributed by atoms with E-state index in [0.717, 1.165) is 0 Å². The average Bonchev–Trinajstić information content (AvgIpc) is 2.93. The van der Waals surface area contributed by atoms with Gasteiger partial charge < -0.3 is 14.5 Å². The summed E-state index contributed by atoms with van der Waals surface area (Å²) >= 11 is 0. The summed E-state index contributed by atoms with van der Waals surface area (Å²) < 4.78 is 11.0. The molecular formula is C18H19N3O5. The molecule has 1 aromatic carbocycles. The van der Waals surface area contributed by atoms with Crippen molar-refractivity contribution in [3.8, 4) is 11.5 Å². The molecule has 0 unspecified atom stereocenters. The van der Waals surface area contributed by atoms with Gasteiger partial charge in [-0.15, -0.1) is 0 Å². The summed E-state index contributed by atoms with van der Waals surface area (Å²) in [5, 5.41) is 0. The molecule has 8 heteroatoms. The largest absolute Gasteiger partial charge is 0.485 e. The zero-order valence-corrected chi connectivity index (χ0v) is 14.6. The number of aromatic amines is 1. The molecule has 136 valence electrons. The molecule has 0 aliphatic carbocycles. The normalized spacial score (nSPS) is 15.3. The minimum Gasteiger partial charge on any atom is -0.485 e. The van der Waals surface area contributed by atoms with E-state index in [1.54, 1.807) is 38.1 Å². The number of fused-ring (bicyclic) bond motifs is 1. The second-order valence-corrected chi connectivity index (χ2v) is 5.99. The standard InChI is InChI=1S/C18H19N3O5/c1-9-15(11(3)22)10(2)19-16(9)18(24)21-20-17(23)14-8-25-12-6-4-5-7-13(12)26-14/h4-7,14,19H,8H2,1-3H3,(H,20,23)(H,21,24)/t14-/m0/s1. The maximum atomic E-state index is 12.3. The predicted molar refractivity (Wildman–Crippen MR) is 92.2 cm³/mol. The van der Waals surface area contributed by atoms with Crippen LogP contribution < -0.4 is 20.3 Å². The third-order valence-electron chi connectivity index (χ3n) is 4.12. The minimum absolute atomic E-state index is 0.0356. The van der Waals surface area contributed by atoms with Crippen LogP contribution >= 0.6 is 0 Å². The lowest BCUT2D eigenvalue weighted by atomic mass is 10.1. The van der Waals surface area contributed by atoms with E-state index in [1.165, 1.54) is 6.92 Å². The molecule has 1 aromatic heterocycles. The van der Waals surface area contributed by atoms with Gasteiger partial charge in [0.2, 0.25) is 6.10 Å². The van der Waals surface area contributed by atoms with Crippen molar-refractivity contribution in [3.05, 3.63) is 46.8 Å². The molecular weight excluding hydrogens is 338 g/mol. The van der Waals surface area contributed by atoms with Crippen LogP contribution in [0.25, 0.3) is 0 Å². The van der Waals surface area contributed by atoms with Crippen LogP contribution in [0.15, 0.2) is 24.3 Å². The third-order valence-corrected chi connectivity index (χ3v) is 4.12. The summed E-state index contributed by atoms with van der Waals surface area (Å²) in [6.07, 6.45) is -0.885. The Hall–Kier alpha value is -3.29. The molecule has 0 fully saturated rings. The van der Waals surface area contributed by atoms with Crippen LogP contribution in [0.3, 0.4) is 0 Å². The van der Waals surface area contributed by atoms with Crippen molar-refractivity contribution in [2.24, 2.45) is 0 Å². The molecule has 0 saturated carbocycles. The number of H-pyrrole nitrogens is 1. The van der Waals surface area contributed by atoms with Gasteiger partial charge in [0.1, 0.15) is 12.3 Å². The number of ketones is 1. The number of hydrazine groups is 1. The van der Waals surface area contributed by atoms with Crippen molar-refractivity contribution in [3.63, 3.8) is 0 Å². The molecule has 0 radical (unpaired) electrons. The summed E-state index contributed by atoms with van der Waals surface area (Å²) in [6, 6.07) is 7.02. The number of benzene rings is 1. The lowest BCUT2D eigenvalue weighted by Gasteiger charge is -2.25. The number of amides is 2. The smallest absolute Gasteiger partial charge is 0.286 e. The first-order valence-electron chi connectivity index (χ1n) is 8.07. The number of hydrogen-bond donors (Lipinski definition) is 3. The summed E-state index contributed by atoms with van der Waals surface area (Å²) in [5.41, 5.74) is 6.48. The molecule has 8 nitrogen and oxygen atoms in total. The van der Waals surface area contributed by atoms with Crippen molar-refractivity contribution in [2.45, 2.75) is 26.9 Å². The highest BCUT2D eigenvalue weighted by Gasteiger charge is 2.28. The molecule has 1 atom stereocenters. The maximum Gasteiger partial charge on any atom is 0.286 e. The van der Waals surface area contributed by atoms with Gasteiger partial charge in [0.25, 0.3) is 11.8 Å². The Morgan fingerprint density at radius 2 is 1.81 bits per heavy atom. The molecule has 2 aromatic rings. The monoisotopic (exact) mass is 357 g/mol. The van der Waals surface area contributed by atoms with E-state index >= 15 is 0 Å². The highest BCUT2D eigenvalue weighted by molar-refractivity contribution is 6.02. The first kappa shape index (κ1) is 17.5. The zero-order valence-electron chi connectivity index (χ0n) is 14.6. The van der Waals surface area contributed by atoms with Crippen LogP contribution in [0.1, 0.15) is 39.0 Å². The first-order valence-corrected chi connectivity index (χ1v) is 8.07. The predicted octanol–water partition coefficient (Wildman–Crippen LogP) is 1.44. The Balaban J connectivity index is 1.63. The minimum atomic E-state index is -0.885. The molecule has 26 heavy (non-hydrogen) atoms. The van der Waals surface area contributed by atoms with E-state index in [-0.39, 0.29) is 18.1 Å². The van der Waals surface area contributed by atoms with Crippen molar-refractivity contribution in [1.82, 2.24) is 15.8 Å². The Morgan fingerprint density at radius 1 is 1.12 bits per heavy atom. The SMILES string of the molecule is CC(=O)c1c(C)[nH]c(C(=O)NNC(=O)[C@@H]2COc3ccccc3O2)c1C. The molecule has 2 amide bonds. The Bertz CT molecular complexity index is 887. The quantitative estimate of drug-likeness (QED) is 0.569. The van der Waals surface area contributed by atoms with Gasteiger partial charge in [-0.3, -0.25) is 25.2 Å². The van der Waals surface area contributed by atoms with E-state index in [2.05, 4.69) is 15.8 Å². The molecule has 1 aliphatic heterocycles. The molecule has 3 N–H and O–H groups in total. The molecule has 0 bridgehead atoms. The van der Waals surface area contributed by atoms with E-state index < -0.39 is 17.9 Å². The molecule has 2 heterocycles. The van der Waals surface area contributed by atoms with Gasteiger partial charge in [-0.2, -0.15) is 0 Å². The Morgan fingerprint density at radius 3 is 2.46 bits per heavy atom. The Kier molecular flexibility index (Phi) is 4.66. The Labute approximate surface area is 149 Å². The molecule has 0 spiro atoms. The first-order chi connectivity index (χ1) is 12.4. The van der Waals surface area contributed by atoms with E-state index in [1.807, 2.05) is 0 Å². The van der Waals surface area contributed by atoms with Gasteiger partial charge in [-0.1, -0.05) is 12.1 Å². The third kappa shape index (κ3) is 3.26. The number of rotatable bonds is 3. The number of hydrogen-bond acceptors (Lipinski definition) is 5. The number of para-hydroxylation sites is 2. The van der Waals surface area contributed by atoms with Crippen molar-refractivity contribution in [1.29, 1.82) is 0 Å². The highest BCUT2D eigenvalue weighted by atomic mass is 16.6. The molecule has 1 aliphatic rings. The van der Waals surface area contributed by atoms with Gasteiger partial charge in [0, 0.05) is 11.3 Å². The van der Waals surface area contributed by atoms with Crippen LogP contribution in [-0.4, -0.2) is 35.3 Å². The van der Waals surface area contributed by atoms with Crippen molar-refractivity contribution < 1.29 is 23.9 Å². The fourth-order valence-corrected chi connectivity index (χ4v) is 2.92. The number of carbonyl (C=O) groups is 3. The van der Waals surface area contributed by atoms with Crippen molar-refractivity contribution >= 4 is 17.6 Å². The summed E-state index contributed by atoms with van der Waals surface area (Å²) in [7, 11) is 0. The second kappa shape index (κ2) is 6.91. The average molecular weight is 357 g/mol. The molecule has 3 rings (SSSR count).